The molecule has 2 rings (SSSR count). The van der Waals surface area contributed by atoms with Crippen LogP contribution in [-0.4, -0.2) is 46.7 Å². The molecule has 0 aliphatic carbocycles. The lowest BCUT2D eigenvalue weighted by atomic mass is 10.2. The molecule has 6 nitrogen and oxygen atoms in total. The van der Waals surface area contributed by atoms with Crippen LogP contribution in [-0.2, 0) is 9.53 Å². The van der Waals surface area contributed by atoms with E-state index in [2.05, 4.69) is 15.5 Å². The number of carbonyl (C=O) groups excluding carboxylic acids is 1. The maximum absolute atomic E-state index is 11.9. The van der Waals surface area contributed by atoms with Gasteiger partial charge in [0.1, 0.15) is 5.82 Å². The third-order valence-corrected chi connectivity index (χ3v) is 4.26. The first-order valence-corrected chi connectivity index (χ1v) is 8.48. The lowest BCUT2D eigenvalue weighted by Crippen LogP contribution is -2.27. The topological polar surface area (TPSA) is 69.0 Å². The van der Waals surface area contributed by atoms with Crippen LogP contribution in [0.4, 0.5) is 0 Å². The standard InChI is InChI=1S/C16H22N4O2S/c1-12-7-4-5-8-14(12)20-13(2)18-19-16(20)23-11-15(21)17-9-6-10-22-3/h4-5,7-8H,6,9-11H2,1-3H3,(H,17,21). The van der Waals surface area contributed by atoms with Gasteiger partial charge in [-0.2, -0.15) is 0 Å². The van der Waals surface area contributed by atoms with Crippen molar-refractivity contribution in [2.75, 3.05) is 26.0 Å². The van der Waals surface area contributed by atoms with Gasteiger partial charge in [0.25, 0.3) is 0 Å². The lowest BCUT2D eigenvalue weighted by molar-refractivity contribution is -0.118. The summed E-state index contributed by atoms with van der Waals surface area (Å²) in [4.78, 5) is 11.9. The zero-order chi connectivity index (χ0) is 16.7. The van der Waals surface area contributed by atoms with E-state index in [1.807, 2.05) is 42.7 Å². The fraction of sp³-hybridized carbons (Fsp3) is 0.438. The van der Waals surface area contributed by atoms with Crippen LogP contribution in [0.2, 0.25) is 0 Å². The second kappa shape index (κ2) is 8.69. The Morgan fingerprint density at radius 3 is 2.83 bits per heavy atom. The van der Waals surface area contributed by atoms with Crippen LogP contribution in [0.3, 0.4) is 0 Å². The van der Waals surface area contributed by atoms with Crippen molar-refractivity contribution in [3.8, 4) is 5.69 Å². The van der Waals surface area contributed by atoms with Crippen LogP contribution in [0.25, 0.3) is 5.69 Å². The summed E-state index contributed by atoms with van der Waals surface area (Å²) in [6.07, 6.45) is 0.811. The van der Waals surface area contributed by atoms with Crippen molar-refractivity contribution < 1.29 is 9.53 Å². The number of aryl methyl sites for hydroxylation is 2. The number of para-hydroxylation sites is 1. The molecule has 124 valence electrons. The zero-order valence-corrected chi connectivity index (χ0v) is 14.5. The first kappa shape index (κ1) is 17.5. The first-order chi connectivity index (χ1) is 11.1. The predicted octanol–water partition coefficient (Wildman–Crippen LogP) is 2.13. The summed E-state index contributed by atoms with van der Waals surface area (Å²) in [5.74, 6) is 1.11. The number of rotatable bonds is 8. The van der Waals surface area contributed by atoms with E-state index >= 15 is 0 Å². The average Bonchev–Trinajstić information content (AvgIpc) is 2.91. The molecule has 0 unspecified atom stereocenters. The van der Waals surface area contributed by atoms with E-state index in [0.717, 1.165) is 28.7 Å². The Bertz CT molecular complexity index is 657. The third kappa shape index (κ3) is 4.80. The Balaban J connectivity index is 1.99. The number of ether oxygens (including phenoxy) is 1. The van der Waals surface area contributed by atoms with Crippen LogP contribution in [0, 0.1) is 13.8 Å². The van der Waals surface area contributed by atoms with Crippen molar-refractivity contribution in [3.05, 3.63) is 35.7 Å². The average molecular weight is 334 g/mol. The van der Waals surface area contributed by atoms with Gasteiger partial charge in [0.05, 0.1) is 11.4 Å². The molecular weight excluding hydrogens is 312 g/mol. The molecule has 0 aliphatic heterocycles. The van der Waals surface area contributed by atoms with E-state index < -0.39 is 0 Å². The Morgan fingerprint density at radius 1 is 1.30 bits per heavy atom. The number of benzene rings is 1. The maximum atomic E-state index is 11.9. The summed E-state index contributed by atoms with van der Waals surface area (Å²) >= 11 is 1.39. The molecule has 7 heteroatoms. The number of carbonyl (C=O) groups is 1. The first-order valence-electron chi connectivity index (χ1n) is 7.50. The predicted molar refractivity (Wildman–Crippen MR) is 91.1 cm³/mol. The van der Waals surface area contributed by atoms with Gasteiger partial charge >= 0.3 is 0 Å². The minimum absolute atomic E-state index is 0.0110. The highest BCUT2D eigenvalue weighted by Gasteiger charge is 2.14. The highest BCUT2D eigenvalue weighted by Crippen LogP contribution is 2.23. The minimum atomic E-state index is -0.0110. The van der Waals surface area contributed by atoms with Crippen molar-refractivity contribution >= 4 is 17.7 Å². The van der Waals surface area contributed by atoms with E-state index in [9.17, 15) is 4.79 Å². The molecule has 2 aromatic rings. The third-order valence-electron chi connectivity index (χ3n) is 3.33. The van der Waals surface area contributed by atoms with Crippen molar-refractivity contribution in [2.45, 2.75) is 25.4 Å². The molecule has 1 aromatic carbocycles. The molecule has 0 spiro atoms. The largest absolute Gasteiger partial charge is 0.385 e. The maximum Gasteiger partial charge on any atom is 0.230 e. The van der Waals surface area contributed by atoms with Crippen molar-refractivity contribution in [1.82, 2.24) is 20.1 Å². The molecule has 0 fully saturated rings. The molecule has 0 saturated carbocycles. The monoisotopic (exact) mass is 334 g/mol. The van der Waals surface area contributed by atoms with Crippen LogP contribution >= 0.6 is 11.8 Å². The fourth-order valence-electron chi connectivity index (χ4n) is 2.15. The van der Waals surface area contributed by atoms with Crippen LogP contribution < -0.4 is 5.32 Å². The van der Waals surface area contributed by atoms with E-state index in [4.69, 9.17) is 4.74 Å². The number of thioether (sulfide) groups is 1. The van der Waals surface area contributed by atoms with Gasteiger partial charge in [-0.05, 0) is 31.9 Å². The molecule has 1 heterocycles. The van der Waals surface area contributed by atoms with Crippen molar-refractivity contribution in [2.24, 2.45) is 0 Å². The van der Waals surface area contributed by atoms with Gasteiger partial charge in [0, 0.05) is 20.3 Å². The van der Waals surface area contributed by atoms with Crippen molar-refractivity contribution in [3.63, 3.8) is 0 Å². The quantitative estimate of drug-likeness (QED) is 0.592. The van der Waals surface area contributed by atoms with E-state index in [1.165, 1.54) is 11.8 Å². The summed E-state index contributed by atoms with van der Waals surface area (Å²) in [5.41, 5.74) is 2.18. The van der Waals surface area contributed by atoms with Gasteiger partial charge in [-0.1, -0.05) is 30.0 Å². The summed E-state index contributed by atoms with van der Waals surface area (Å²) in [6.45, 7) is 5.23. The van der Waals surface area contributed by atoms with Crippen molar-refractivity contribution in [1.29, 1.82) is 0 Å². The van der Waals surface area contributed by atoms with Crippen LogP contribution in [0.15, 0.2) is 29.4 Å². The number of nitrogens with zero attached hydrogens (tertiary/aromatic N) is 3. The van der Waals surface area contributed by atoms with Crippen LogP contribution in [0.5, 0.6) is 0 Å². The molecular formula is C16H22N4O2S. The number of hydrogen-bond acceptors (Lipinski definition) is 5. The highest BCUT2D eigenvalue weighted by atomic mass is 32.2. The number of hydrogen-bond donors (Lipinski definition) is 1. The minimum Gasteiger partial charge on any atom is -0.385 e. The van der Waals surface area contributed by atoms with Gasteiger partial charge in [-0.3, -0.25) is 9.36 Å². The van der Waals surface area contributed by atoms with Crippen LogP contribution in [0.1, 0.15) is 17.8 Å². The summed E-state index contributed by atoms with van der Waals surface area (Å²) in [6, 6.07) is 8.06. The number of aromatic nitrogens is 3. The van der Waals surface area contributed by atoms with Gasteiger partial charge in [-0.25, -0.2) is 0 Å². The SMILES string of the molecule is COCCCNC(=O)CSc1nnc(C)n1-c1ccccc1C. The molecule has 1 N–H and O–H groups in total. The van der Waals surface area contributed by atoms with Gasteiger partial charge < -0.3 is 10.1 Å². The zero-order valence-electron chi connectivity index (χ0n) is 13.7. The summed E-state index contributed by atoms with van der Waals surface area (Å²) < 4.78 is 6.94. The summed E-state index contributed by atoms with van der Waals surface area (Å²) in [5, 5.41) is 11.9. The smallest absolute Gasteiger partial charge is 0.230 e. The molecule has 0 bridgehead atoms. The summed E-state index contributed by atoms with van der Waals surface area (Å²) in [7, 11) is 1.65. The Kier molecular flexibility index (Phi) is 6.61. The highest BCUT2D eigenvalue weighted by molar-refractivity contribution is 7.99. The van der Waals surface area contributed by atoms with Gasteiger partial charge in [0.2, 0.25) is 5.91 Å². The Morgan fingerprint density at radius 2 is 2.09 bits per heavy atom. The normalized spacial score (nSPS) is 10.7. The number of amides is 1. The Labute approximate surface area is 140 Å². The second-order valence-corrected chi connectivity index (χ2v) is 6.08. The molecule has 0 atom stereocenters. The lowest BCUT2D eigenvalue weighted by Gasteiger charge is -2.11. The second-order valence-electron chi connectivity index (χ2n) is 5.14. The molecule has 0 radical (unpaired) electrons. The number of methoxy groups -OCH3 is 1. The molecule has 23 heavy (non-hydrogen) atoms. The van der Waals surface area contributed by atoms with E-state index in [-0.39, 0.29) is 5.91 Å². The Hall–Kier alpha value is -1.86. The van der Waals surface area contributed by atoms with Gasteiger partial charge in [-0.15, -0.1) is 10.2 Å². The fourth-order valence-corrected chi connectivity index (χ4v) is 2.97. The molecule has 0 aliphatic rings. The van der Waals surface area contributed by atoms with E-state index in [1.54, 1.807) is 7.11 Å². The van der Waals surface area contributed by atoms with E-state index in [0.29, 0.717) is 18.9 Å². The molecule has 1 amide bonds. The van der Waals surface area contributed by atoms with Gasteiger partial charge in [0.15, 0.2) is 5.16 Å². The molecule has 1 aromatic heterocycles. The molecule has 0 saturated heterocycles. The number of nitrogens with one attached hydrogen (secondary N) is 1.